The second-order valence-electron chi connectivity index (χ2n) is 4.87. The van der Waals surface area contributed by atoms with E-state index in [9.17, 15) is 4.39 Å². The average Bonchev–Trinajstić information content (AvgIpc) is 2.09. The summed E-state index contributed by atoms with van der Waals surface area (Å²) in [6.07, 6.45) is 1.56. The lowest BCUT2D eigenvalue weighted by molar-refractivity contribution is 0.0441. The van der Waals surface area contributed by atoms with Crippen molar-refractivity contribution in [3.05, 3.63) is 34.9 Å². The molecule has 1 aliphatic rings. The zero-order valence-electron chi connectivity index (χ0n) is 9.39. The molecular weight excluding hydrogens is 189 g/mol. The molecule has 0 spiro atoms. The minimum Gasteiger partial charge on any atom is -0.327 e. The van der Waals surface area contributed by atoms with Gasteiger partial charge in [0.1, 0.15) is 5.67 Å². The molecular formula is C13H18FN. The molecule has 1 fully saturated rings. The molecule has 1 aromatic rings. The van der Waals surface area contributed by atoms with Gasteiger partial charge in [-0.15, -0.1) is 0 Å². The van der Waals surface area contributed by atoms with Gasteiger partial charge >= 0.3 is 0 Å². The van der Waals surface area contributed by atoms with Crippen LogP contribution < -0.4 is 5.73 Å². The molecule has 1 aromatic carbocycles. The fraction of sp³-hybridized carbons (Fsp3) is 0.538. The third-order valence-corrected chi connectivity index (χ3v) is 3.39. The second-order valence-corrected chi connectivity index (χ2v) is 4.87. The van der Waals surface area contributed by atoms with Gasteiger partial charge in [0.2, 0.25) is 0 Å². The van der Waals surface area contributed by atoms with E-state index in [-0.39, 0.29) is 6.04 Å². The van der Waals surface area contributed by atoms with Crippen LogP contribution >= 0.6 is 0 Å². The van der Waals surface area contributed by atoms with Crippen molar-refractivity contribution in [2.45, 2.75) is 44.8 Å². The van der Waals surface area contributed by atoms with Gasteiger partial charge in [0, 0.05) is 12.5 Å². The maximum atomic E-state index is 14.1. The van der Waals surface area contributed by atoms with Gasteiger partial charge in [0.05, 0.1) is 0 Å². The Morgan fingerprint density at radius 3 is 2.33 bits per heavy atom. The van der Waals surface area contributed by atoms with Gasteiger partial charge in [-0.1, -0.05) is 18.2 Å². The highest BCUT2D eigenvalue weighted by Crippen LogP contribution is 2.39. The zero-order chi connectivity index (χ0) is 11.1. The van der Waals surface area contributed by atoms with Crippen LogP contribution in [0.3, 0.4) is 0 Å². The standard InChI is InChI=1S/C13H18FN/c1-9-4-3-5-10(2)12(9)8-13(14)6-11(15)7-13/h3-5,11H,6-8,15H2,1-2H3. The molecule has 0 aliphatic heterocycles. The van der Waals surface area contributed by atoms with E-state index in [0.717, 1.165) is 5.56 Å². The molecule has 0 heterocycles. The molecule has 1 nitrogen and oxygen atoms in total. The molecule has 82 valence electrons. The first-order valence-corrected chi connectivity index (χ1v) is 5.50. The molecule has 2 heteroatoms. The highest BCUT2D eigenvalue weighted by atomic mass is 19.1. The quantitative estimate of drug-likeness (QED) is 0.792. The Morgan fingerprint density at radius 1 is 1.33 bits per heavy atom. The summed E-state index contributed by atoms with van der Waals surface area (Å²) in [5.74, 6) is 0. The van der Waals surface area contributed by atoms with Gasteiger partial charge in [0.15, 0.2) is 0 Å². The van der Waals surface area contributed by atoms with Crippen molar-refractivity contribution in [1.82, 2.24) is 0 Å². The van der Waals surface area contributed by atoms with Crippen molar-refractivity contribution in [1.29, 1.82) is 0 Å². The number of benzene rings is 1. The molecule has 0 saturated heterocycles. The van der Waals surface area contributed by atoms with E-state index >= 15 is 0 Å². The first-order chi connectivity index (χ1) is 7.00. The number of hydrogen-bond acceptors (Lipinski definition) is 1. The molecule has 0 bridgehead atoms. The number of halogens is 1. The third-order valence-electron chi connectivity index (χ3n) is 3.39. The van der Waals surface area contributed by atoms with E-state index in [0.29, 0.717) is 19.3 Å². The number of aryl methyl sites for hydroxylation is 2. The SMILES string of the molecule is Cc1cccc(C)c1CC1(F)CC(N)C1. The zero-order valence-corrected chi connectivity index (χ0v) is 9.39. The van der Waals surface area contributed by atoms with Crippen LogP contribution in [-0.4, -0.2) is 11.7 Å². The molecule has 1 saturated carbocycles. The van der Waals surface area contributed by atoms with Crippen LogP contribution in [0.2, 0.25) is 0 Å². The third kappa shape index (κ3) is 2.05. The minimum atomic E-state index is -1.05. The summed E-state index contributed by atoms with van der Waals surface area (Å²) in [4.78, 5) is 0. The first kappa shape index (κ1) is 10.6. The molecule has 15 heavy (non-hydrogen) atoms. The monoisotopic (exact) mass is 207 g/mol. The Hall–Kier alpha value is -0.890. The van der Waals surface area contributed by atoms with Gasteiger partial charge in [-0.3, -0.25) is 0 Å². The normalized spacial score (nSPS) is 30.0. The summed E-state index contributed by atoms with van der Waals surface area (Å²) in [7, 11) is 0. The maximum absolute atomic E-state index is 14.1. The topological polar surface area (TPSA) is 26.0 Å². The van der Waals surface area contributed by atoms with E-state index in [1.54, 1.807) is 0 Å². The Balaban J connectivity index is 2.18. The van der Waals surface area contributed by atoms with Gasteiger partial charge in [-0.05, 0) is 43.4 Å². The number of hydrogen-bond donors (Lipinski definition) is 1. The smallest absolute Gasteiger partial charge is 0.118 e. The number of alkyl halides is 1. The van der Waals surface area contributed by atoms with Gasteiger partial charge < -0.3 is 5.73 Å². The van der Waals surface area contributed by atoms with E-state index in [4.69, 9.17) is 5.73 Å². The van der Waals surface area contributed by atoms with E-state index in [1.165, 1.54) is 11.1 Å². The van der Waals surface area contributed by atoms with E-state index in [1.807, 2.05) is 32.0 Å². The Labute approximate surface area is 90.5 Å². The summed E-state index contributed by atoms with van der Waals surface area (Å²) in [6.45, 7) is 4.09. The van der Waals surface area contributed by atoms with Crippen LogP contribution in [-0.2, 0) is 6.42 Å². The molecule has 1 aliphatic carbocycles. The molecule has 2 N–H and O–H groups in total. The fourth-order valence-electron chi connectivity index (χ4n) is 2.47. The van der Waals surface area contributed by atoms with Crippen molar-refractivity contribution >= 4 is 0 Å². The van der Waals surface area contributed by atoms with E-state index < -0.39 is 5.67 Å². The van der Waals surface area contributed by atoms with Gasteiger partial charge in [-0.25, -0.2) is 4.39 Å². The van der Waals surface area contributed by atoms with E-state index in [2.05, 4.69) is 0 Å². The Kier molecular flexibility index (Phi) is 2.55. The maximum Gasteiger partial charge on any atom is 0.118 e. The lowest BCUT2D eigenvalue weighted by Crippen LogP contribution is -2.49. The highest BCUT2D eigenvalue weighted by Gasteiger charge is 2.43. The average molecular weight is 207 g/mol. The van der Waals surface area contributed by atoms with Crippen LogP contribution in [0.5, 0.6) is 0 Å². The Bertz CT molecular complexity index is 347. The lowest BCUT2D eigenvalue weighted by Gasteiger charge is -2.40. The van der Waals surface area contributed by atoms with Crippen LogP contribution in [0, 0.1) is 13.8 Å². The van der Waals surface area contributed by atoms with Crippen LogP contribution in [0.1, 0.15) is 29.5 Å². The second kappa shape index (κ2) is 3.60. The summed E-state index contributed by atoms with van der Waals surface area (Å²) >= 11 is 0. The summed E-state index contributed by atoms with van der Waals surface area (Å²) < 4.78 is 14.1. The molecule has 0 unspecified atom stereocenters. The largest absolute Gasteiger partial charge is 0.327 e. The van der Waals surface area contributed by atoms with Crippen molar-refractivity contribution < 1.29 is 4.39 Å². The minimum absolute atomic E-state index is 0.0688. The van der Waals surface area contributed by atoms with Crippen LogP contribution in [0.25, 0.3) is 0 Å². The highest BCUT2D eigenvalue weighted by molar-refractivity contribution is 5.35. The van der Waals surface area contributed by atoms with Gasteiger partial charge in [-0.2, -0.15) is 0 Å². The summed E-state index contributed by atoms with van der Waals surface area (Å²) in [5.41, 5.74) is 8.13. The van der Waals surface area contributed by atoms with Crippen molar-refractivity contribution in [2.75, 3.05) is 0 Å². The Morgan fingerprint density at radius 2 is 1.87 bits per heavy atom. The predicted octanol–water partition coefficient (Wildman–Crippen LogP) is 2.68. The van der Waals surface area contributed by atoms with Crippen LogP contribution in [0.15, 0.2) is 18.2 Å². The molecule has 2 rings (SSSR count). The molecule has 0 amide bonds. The summed E-state index contributed by atoms with van der Waals surface area (Å²) in [5, 5.41) is 0. The predicted molar refractivity (Wildman–Crippen MR) is 60.7 cm³/mol. The molecule has 0 atom stereocenters. The fourth-order valence-corrected chi connectivity index (χ4v) is 2.47. The van der Waals surface area contributed by atoms with Crippen LogP contribution in [0.4, 0.5) is 4.39 Å². The molecule has 0 aromatic heterocycles. The first-order valence-electron chi connectivity index (χ1n) is 5.50. The number of rotatable bonds is 2. The number of nitrogens with two attached hydrogens (primary N) is 1. The summed E-state index contributed by atoms with van der Waals surface area (Å²) in [6, 6.07) is 6.18. The van der Waals surface area contributed by atoms with Crippen molar-refractivity contribution in [2.24, 2.45) is 5.73 Å². The van der Waals surface area contributed by atoms with Gasteiger partial charge in [0.25, 0.3) is 0 Å². The van der Waals surface area contributed by atoms with Crippen molar-refractivity contribution in [3.8, 4) is 0 Å². The lowest BCUT2D eigenvalue weighted by atomic mass is 9.73. The molecule has 0 radical (unpaired) electrons. The van der Waals surface area contributed by atoms with Crippen molar-refractivity contribution in [3.63, 3.8) is 0 Å².